The van der Waals surface area contributed by atoms with Crippen molar-refractivity contribution in [2.45, 2.75) is 19.5 Å². The van der Waals surface area contributed by atoms with E-state index in [4.69, 9.17) is 22.5 Å². The Morgan fingerprint density at radius 1 is 1.29 bits per heavy atom. The average molecular weight is 304 g/mol. The van der Waals surface area contributed by atoms with Crippen molar-refractivity contribution in [3.8, 4) is 0 Å². The second kappa shape index (κ2) is 7.11. The van der Waals surface area contributed by atoms with Crippen LogP contribution in [0, 0.1) is 0 Å². The molecule has 2 aromatic carbocycles. The zero-order chi connectivity index (χ0) is 15.2. The zero-order valence-electron chi connectivity index (χ0n) is 11.8. The maximum Gasteiger partial charge on any atom is 0.170 e. The molecule has 0 aromatic heterocycles. The highest BCUT2D eigenvalue weighted by Gasteiger charge is 2.08. The molecule has 0 amide bonds. The topological polar surface area (TPSA) is 70.6 Å². The van der Waals surface area contributed by atoms with Gasteiger partial charge in [0.15, 0.2) is 5.84 Å². The molecule has 1 atom stereocenters. The summed E-state index contributed by atoms with van der Waals surface area (Å²) in [5, 5.41) is 15.9. The number of halogens is 1. The third-order valence-electron chi connectivity index (χ3n) is 3.31. The smallest absolute Gasteiger partial charge is 0.170 e. The summed E-state index contributed by atoms with van der Waals surface area (Å²) in [4.78, 5) is 0. The summed E-state index contributed by atoms with van der Waals surface area (Å²) >= 11 is 6.19. The molecule has 0 saturated carbocycles. The molecule has 0 aliphatic heterocycles. The van der Waals surface area contributed by atoms with Gasteiger partial charge in [-0.15, -0.1) is 0 Å². The molecule has 2 aromatic rings. The van der Waals surface area contributed by atoms with Crippen LogP contribution >= 0.6 is 11.6 Å². The maximum absolute atomic E-state index is 8.71. The standard InChI is InChI=1S/C16H18ClN3O/c1-11(14-7-2-3-8-15(14)17)19-10-12-5-4-6-13(9-12)16(18)20-21/h2-9,11,19,21H,10H2,1H3,(H2,18,20)/t11-/m1/s1. The molecule has 0 fully saturated rings. The summed E-state index contributed by atoms with van der Waals surface area (Å²) in [5.74, 6) is 0.107. The predicted octanol–water partition coefficient (Wildman–Crippen LogP) is 3.29. The highest BCUT2D eigenvalue weighted by molar-refractivity contribution is 6.31. The molecule has 110 valence electrons. The number of nitrogens with one attached hydrogen (secondary N) is 1. The Bertz CT molecular complexity index is 643. The van der Waals surface area contributed by atoms with Gasteiger partial charge in [-0.25, -0.2) is 0 Å². The van der Waals surface area contributed by atoms with Gasteiger partial charge in [-0.3, -0.25) is 0 Å². The lowest BCUT2D eigenvalue weighted by Gasteiger charge is -2.16. The molecular weight excluding hydrogens is 286 g/mol. The summed E-state index contributed by atoms with van der Waals surface area (Å²) < 4.78 is 0. The summed E-state index contributed by atoms with van der Waals surface area (Å²) in [6, 6.07) is 15.5. The van der Waals surface area contributed by atoms with Crippen LogP contribution < -0.4 is 11.1 Å². The number of nitrogens with two attached hydrogens (primary N) is 1. The molecule has 21 heavy (non-hydrogen) atoms. The Morgan fingerprint density at radius 3 is 2.76 bits per heavy atom. The van der Waals surface area contributed by atoms with Gasteiger partial charge in [0.25, 0.3) is 0 Å². The Balaban J connectivity index is 2.05. The van der Waals surface area contributed by atoms with E-state index < -0.39 is 0 Å². The molecular formula is C16H18ClN3O. The Morgan fingerprint density at radius 2 is 2.05 bits per heavy atom. The molecule has 0 heterocycles. The van der Waals surface area contributed by atoms with E-state index in [1.807, 2.05) is 42.5 Å². The van der Waals surface area contributed by atoms with Gasteiger partial charge in [0.05, 0.1) is 0 Å². The third-order valence-corrected chi connectivity index (χ3v) is 3.66. The zero-order valence-corrected chi connectivity index (χ0v) is 12.5. The summed E-state index contributed by atoms with van der Waals surface area (Å²) in [7, 11) is 0. The fraction of sp³-hybridized carbons (Fsp3) is 0.188. The van der Waals surface area contributed by atoms with Crippen molar-refractivity contribution in [2.75, 3.05) is 0 Å². The van der Waals surface area contributed by atoms with E-state index >= 15 is 0 Å². The molecule has 0 bridgehead atoms. The van der Waals surface area contributed by atoms with Crippen LogP contribution in [0.3, 0.4) is 0 Å². The van der Waals surface area contributed by atoms with Crippen LogP contribution in [0.25, 0.3) is 0 Å². The van der Waals surface area contributed by atoms with Crippen molar-refractivity contribution in [3.05, 3.63) is 70.2 Å². The molecule has 4 N–H and O–H groups in total. The fourth-order valence-electron chi connectivity index (χ4n) is 2.11. The van der Waals surface area contributed by atoms with E-state index in [1.165, 1.54) is 0 Å². The SMILES string of the molecule is C[C@@H](NCc1cccc(/C(N)=N/O)c1)c1ccccc1Cl. The average Bonchev–Trinajstić information content (AvgIpc) is 2.52. The van der Waals surface area contributed by atoms with Gasteiger partial charge in [0.2, 0.25) is 0 Å². The first-order valence-corrected chi connectivity index (χ1v) is 7.04. The quantitative estimate of drug-likeness (QED) is 0.343. The lowest BCUT2D eigenvalue weighted by atomic mass is 10.1. The summed E-state index contributed by atoms with van der Waals surface area (Å²) in [6.45, 7) is 2.73. The minimum absolute atomic E-state index is 0.107. The van der Waals surface area contributed by atoms with E-state index in [9.17, 15) is 0 Å². The predicted molar refractivity (Wildman–Crippen MR) is 85.7 cm³/mol. The lowest BCUT2D eigenvalue weighted by molar-refractivity contribution is 0.318. The number of hydrogen-bond donors (Lipinski definition) is 3. The van der Waals surface area contributed by atoms with Crippen LogP contribution in [0.4, 0.5) is 0 Å². The number of amidine groups is 1. The number of hydrogen-bond acceptors (Lipinski definition) is 3. The van der Waals surface area contributed by atoms with Crippen molar-refractivity contribution in [3.63, 3.8) is 0 Å². The van der Waals surface area contributed by atoms with E-state index in [-0.39, 0.29) is 11.9 Å². The normalized spacial score (nSPS) is 13.1. The molecule has 0 saturated heterocycles. The lowest BCUT2D eigenvalue weighted by Crippen LogP contribution is -2.19. The monoisotopic (exact) mass is 303 g/mol. The minimum Gasteiger partial charge on any atom is -0.409 e. The van der Waals surface area contributed by atoms with Crippen LogP contribution in [0.15, 0.2) is 53.7 Å². The number of benzene rings is 2. The van der Waals surface area contributed by atoms with Gasteiger partial charge < -0.3 is 16.3 Å². The summed E-state index contributed by atoms with van der Waals surface area (Å²) in [6.07, 6.45) is 0. The molecule has 0 radical (unpaired) electrons. The van der Waals surface area contributed by atoms with E-state index in [1.54, 1.807) is 6.07 Å². The Kier molecular flexibility index (Phi) is 5.20. The molecule has 0 aliphatic carbocycles. The van der Waals surface area contributed by atoms with Crippen molar-refractivity contribution < 1.29 is 5.21 Å². The Hall–Kier alpha value is -2.04. The van der Waals surface area contributed by atoms with Crippen LogP contribution in [-0.2, 0) is 6.54 Å². The fourth-order valence-corrected chi connectivity index (χ4v) is 2.40. The van der Waals surface area contributed by atoms with Gasteiger partial charge in [-0.05, 0) is 30.2 Å². The molecule has 0 aliphatic rings. The van der Waals surface area contributed by atoms with Gasteiger partial charge in [0, 0.05) is 23.2 Å². The van der Waals surface area contributed by atoms with Gasteiger partial charge in [-0.2, -0.15) is 0 Å². The van der Waals surface area contributed by atoms with Crippen molar-refractivity contribution in [1.29, 1.82) is 0 Å². The van der Waals surface area contributed by atoms with E-state index in [0.717, 1.165) is 16.1 Å². The maximum atomic E-state index is 8.71. The van der Waals surface area contributed by atoms with Crippen LogP contribution in [0.2, 0.25) is 5.02 Å². The third kappa shape index (κ3) is 3.97. The highest BCUT2D eigenvalue weighted by atomic mass is 35.5. The van der Waals surface area contributed by atoms with Gasteiger partial charge in [-0.1, -0.05) is 53.2 Å². The van der Waals surface area contributed by atoms with E-state index in [0.29, 0.717) is 12.1 Å². The molecule has 0 spiro atoms. The summed E-state index contributed by atoms with van der Waals surface area (Å²) in [5.41, 5.74) is 8.40. The highest BCUT2D eigenvalue weighted by Crippen LogP contribution is 2.22. The van der Waals surface area contributed by atoms with Crippen LogP contribution in [0.5, 0.6) is 0 Å². The number of nitrogens with zero attached hydrogens (tertiary/aromatic N) is 1. The van der Waals surface area contributed by atoms with E-state index in [2.05, 4.69) is 17.4 Å². The van der Waals surface area contributed by atoms with Crippen LogP contribution in [-0.4, -0.2) is 11.0 Å². The molecule has 4 nitrogen and oxygen atoms in total. The van der Waals surface area contributed by atoms with Crippen LogP contribution in [0.1, 0.15) is 29.7 Å². The first-order valence-electron chi connectivity index (χ1n) is 6.66. The Labute approximate surface area is 129 Å². The first-order chi connectivity index (χ1) is 10.1. The largest absolute Gasteiger partial charge is 0.409 e. The minimum atomic E-state index is 0.107. The second-order valence-electron chi connectivity index (χ2n) is 4.81. The number of oxime groups is 1. The molecule has 2 rings (SSSR count). The van der Waals surface area contributed by atoms with Crippen molar-refractivity contribution in [2.24, 2.45) is 10.9 Å². The molecule has 5 heteroatoms. The van der Waals surface area contributed by atoms with Crippen molar-refractivity contribution >= 4 is 17.4 Å². The first kappa shape index (κ1) is 15.4. The van der Waals surface area contributed by atoms with Gasteiger partial charge >= 0.3 is 0 Å². The van der Waals surface area contributed by atoms with Crippen molar-refractivity contribution in [1.82, 2.24) is 5.32 Å². The molecule has 0 unspecified atom stereocenters. The number of rotatable bonds is 5. The van der Waals surface area contributed by atoms with Gasteiger partial charge in [0.1, 0.15) is 0 Å². The second-order valence-corrected chi connectivity index (χ2v) is 5.22.